The molecule has 0 saturated carbocycles. The molecular weight excluding hydrogens is 230 g/mol. The zero-order chi connectivity index (χ0) is 12.9. The number of carbonyl (C=O) groups excluding carboxylic acids is 1. The van der Waals surface area contributed by atoms with Crippen molar-refractivity contribution in [1.82, 2.24) is 9.80 Å². The molecule has 5 heteroatoms. The average molecular weight is 249 g/mol. The minimum absolute atomic E-state index is 0.166. The van der Waals surface area contributed by atoms with Gasteiger partial charge in [-0.25, -0.2) is 4.79 Å². The summed E-state index contributed by atoms with van der Waals surface area (Å²) in [5.74, 6) is 1.07. The van der Waals surface area contributed by atoms with E-state index in [1.54, 1.807) is 0 Å². The van der Waals surface area contributed by atoms with Crippen LogP contribution in [0.2, 0.25) is 0 Å². The van der Waals surface area contributed by atoms with Crippen LogP contribution in [-0.2, 0) is 4.74 Å². The van der Waals surface area contributed by atoms with Crippen LogP contribution < -0.4 is 0 Å². The van der Waals surface area contributed by atoms with Gasteiger partial charge in [-0.05, 0) is 26.3 Å². The van der Waals surface area contributed by atoms with Gasteiger partial charge in [0.05, 0.1) is 18.6 Å². The van der Waals surface area contributed by atoms with Gasteiger partial charge in [-0.15, -0.1) is 0 Å². The lowest BCUT2D eigenvalue weighted by atomic mass is 10.0. The van der Waals surface area contributed by atoms with E-state index in [1.807, 2.05) is 11.8 Å². The highest BCUT2D eigenvalue weighted by Gasteiger charge is 2.39. The van der Waals surface area contributed by atoms with Crippen LogP contribution in [0.5, 0.6) is 0 Å². The molecule has 0 spiro atoms. The lowest BCUT2D eigenvalue weighted by Crippen LogP contribution is -2.39. The van der Waals surface area contributed by atoms with Crippen LogP contribution in [0.25, 0.3) is 0 Å². The van der Waals surface area contributed by atoms with E-state index < -0.39 is 0 Å². The zero-order valence-electron chi connectivity index (χ0n) is 11.1. The largest absolute Gasteiger partial charge is 0.448 e. The second-order valence-corrected chi connectivity index (χ2v) is 5.26. The molecule has 0 aliphatic carbocycles. The molecule has 3 aliphatic rings. The smallest absolute Gasteiger partial charge is 0.410 e. The van der Waals surface area contributed by atoms with Crippen LogP contribution in [0.15, 0.2) is 16.3 Å². The third kappa shape index (κ3) is 1.61. The minimum atomic E-state index is -0.166. The van der Waals surface area contributed by atoms with E-state index in [4.69, 9.17) is 4.74 Å². The Morgan fingerprint density at radius 3 is 2.83 bits per heavy atom. The molecular formula is C13H19N3O2. The number of rotatable bonds is 1. The average Bonchev–Trinajstić information content (AvgIpc) is 2.92. The summed E-state index contributed by atoms with van der Waals surface area (Å²) >= 11 is 0. The summed E-state index contributed by atoms with van der Waals surface area (Å²) in [5, 5.41) is 0. The number of amides is 1. The fourth-order valence-electron chi connectivity index (χ4n) is 3.05. The maximum absolute atomic E-state index is 11.6. The normalized spacial score (nSPS) is 31.7. The van der Waals surface area contributed by atoms with Crippen molar-refractivity contribution in [2.45, 2.75) is 39.3 Å². The first-order chi connectivity index (χ1) is 8.58. The number of hydrogen-bond donors (Lipinski definition) is 0. The van der Waals surface area contributed by atoms with Crippen molar-refractivity contribution in [2.24, 2.45) is 4.99 Å². The molecule has 3 aliphatic heterocycles. The molecule has 0 unspecified atom stereocenters. The van der Waals surface area contributed by atoms with E-state index >= 15 is 0 Å². The molecule has 0 aromatic heterocycles. The molecule has 5 nitrogen and oxygen atoms in total. The quantitative estimate of drug-likeness (QED) is 0.709. The number of nitrogens with zero attached hydrogens (tertiary/aromatic N) is 3. The number of hydrogen-bond acceptors (Lipinski definition) is 4. The Balaban J connectivity index is 1.85. The Morgan fingerprint density at radius 1 is 1.39 bits per heavy atom. The van der Waals surface area contributed by atoms with Gasteiger partial charge in [0.1, 0.15) is 12.4 Å². The Kier molecular flexibility index (Phi) is 2.57. The van der Waals surface area contributed by atoms with Crippen molar-refractivity contribution in [3.8, 4) is 0 Å². The molecule has 3 heterocycles. The number of cyclic esters (lactones) is 1. The molecule has 0 aromatic rings. The van der Waals surface area contributed by atoms with Crippen molar-refractivity contribution in [1.29, 1.82) is 0 Å². The highest BCUT2D eigenvalue weighted by Crippen LogP contribution is 2.33. The highest BCUT2D eigenvalue weighted by atomic mass is 16.6. The molecule has 0 radical (unpaired) electrons. The van der Waals surface area contributed by atoms with E-state index in [1.165, 1.54) is 11.3 Å². The second kappa shape index (κ2) is 4.00. The molecule has 0 aromatic carbocycles. The lowest BCUT2D eigenvalue weighted by molar-refractivity contribution is 0.149. The SMILES string of the molecule is CC1=N[C@@H](C)C(C)=C2C[C@@H](N3CCOC3=O)CN12. The van der Waals surface area contributed by atoms with Gasteiger partial charge >= 0.3 is 6.09 Å². The van der Waals surface area contributed by atoms with Crippen molar-refractivity contribution in [3.05, 3.63) is 11.3 Å². The molecule has 0 bridgehead atoms. The number of ether oxygens (including phenoxy) is 1. The van der Waals surface area contributed by atoms with Crippen LogP contribution in [0, 0.1) is 0 Å². The molecule has 1 amide bonds. The maximum atomic E-state index is 11.6. The van der Waals surface area contributed by atoms with Gasteiger partial charge in [0.25, 0.3) is 0 Å². The first-order valence-corrected chi connectivity index (χ1v) is 6.53. The molecule has 98 valence electrons. The summed E-state index contributed by atoms with van der Waals surface area (Å²) in [6, 6.07) is 0.501. The molecule has 3 rings (SSSR count). The molecule has 2 fully saturated rings. The van der Waals surface area contributed by atoms with Crippen LogP contribution in [0.4, 0.5) is 4.79 Å². The van der Waals surface area contributed by atoms with Gasteiger partial charge in [-0.2, -0.15) is 0 Å². The van der Waals surface area contributed by atoms with Gasteiger partial charge in [0.2, 0.25) is 0 Å². The van der Waals surface area contributed by atoms with Gasteiger partial charge < -0.3 is 9.64 Å². The van der Waals surface area contributed by atoms with Gasteiger partial charge in [0, 0.05) is 18.7 Å². The third-order valence-corrected chi connectivity index (χ3v) is 4.23. The van der Waals surface area contributed by atoms with Gasteiger partial charge in [-0.1, -0.05) is 0 Å². The number of carbonyl (C=O) groups is 1. The van der Waals surface area contributed by atoms with Crippen LogP contribution in [0.1, 0.15) is 27.2 Å². The molecule has 2 saturated heterocycles. The van der Waals surface area contributed by atoms with E-state index in [0.29, 0.717) is 6.61 Å². The molecule has 18 heavy (non-hydrogen) atoms. The van der Waals surface area contributed by atoms with E-state index in [0.717, 1.165) is 25.3 Å². The molecule has 2 atom stereocenters. The lowest BCUT2D eigenvalue weighted by Gasteiger charge is -2.28. The van der Waals surface area contributed by atoms with Crippen molar-refractivity contribution < 1.29 is 9.53 Å². The summed E-state index contributed by atoms with van der Waals surface area (Å²) in [6.07, 6.45) is 0.763. The Bertz CT molecular complexity index is 455. The van der Waals surface area contributed by atoms with Crippen molar-refractivity contribution >= 4 is 11.9 Å². The Morgan fingerprint density at radius 2 is 2.17 bits per heavy atom. The standard InChI is InChI=1S/C13H19N3O2/c1-8-9(2)14-10(3)16-7-11(6-12(8)16)15-4-5-18-13(15)17/h9,11H,4-7H2,1-3H3/t9-,11+/m0/s1. The van der Waals surface area contributed by atoms with Crippen LogP contribution in [-0.4, -0.2) is 53.5 Å². The summed E-state index contributed by atoms with van der Waals surface area (Å²) in [7, 11) is 0. The predicted octanol–water partition coefficient (Wildman–Crippen LogP) is 1.61. The number of fused-ring (bicyclic) bond motifs is 1. The van der Waals surface area contributed by atoms with Crippen molar-refractivity contribution in [3.63, 3.8) is 0 Å². The summed E-state index contributed by atoms with van der Waals surface area (Å²) in [5.41, 5.74) is 2.68. The topological polar surface area (TPSA) is 45.1 Å². The fraction of sp³-hybridized carbons (Fsp3) is 0.692. The first kappa shape index (κ1) is 11.6. The fourth-order valence-corrected chi connectivity index (χ4v) is 3.05. The van der Waals surface area contributed by atoms with E-state index in [9.17, 15) is 4.79 Å². The van der Waals surface area contributed by atoms with E-state index in [-0.39, 0.29) is 18.2 Å². The van der Waals surface area contributed by atoms with Crippen LogP contribution in [0.3, 0.4) is 0 Å². The van der Waals surface area contributed by atoms with E-state index in [2.05, 4.69) is 23.7 Å². The summed E-state index contributed by atoms with van der Waals surface area (Å²) in [4.78, 5) is 20.4. The zero-order valence-corrected chi connectivity index (χ0v) is 11.1. The number of amidine groups is 1. The van der Waals surface area contributed by atoms with Gasteiger partial charge in [-0.3, -0.25) is 9.89 Å². The van der Waals surface area contributed by atoms with Crippen LogP contribution >= 0.6 is 0 Å². The minimum Gasteiger partial charge on any atom is -0.448 e. The Labute approximate surface area is 107 Å². The third-order valence-electron chi connectivity index (χ3n) is 4.23. The number of aliphatic imine (C=N–C) groups is 1. The second-order valence-electron chi connectivity index (χ2n) is 5.26. The predicted molar refractivity (Wildman–Crippen MR) is 68.4 cm³/mol. The molecule has 0 N–H and O–H groups in total. The summed E-state index contributed by atoms with van der Waals surface area (Å²) in [6.45, 7) is 8.41. The maximum Gasteiger partial charge on any atom is 0.410 e. The van der Waals surface area contributed by atoms with Crippen molar-refractivity contribution in [2.75, 3.05) is 19.7 Å². The Hall–Kier alpha value is -1.52. The summed E-state index contributed by atoms with van der Waals surface area (Å²) < 4.78 is 5.03. The monoisotopic (exact) mass is 249 g/mol. The first-order valence-electron chi connectivity index (χ1n) is 6.53. The van der Waals surface area contributed by atoms with Gasteiger partial charge in [0.15, 0.2) is 0 Å². The highest BCUT2D eigenvalue weighted by molar-refractivity contribution is 5.84.